The Balaban J connectivity index is 0.000000480. The van der Waals surface area contributed by atoms with Gasteiger partial charge in [-0.15, -0.1) is 0 Å². The minimum absolute atomic E-state index is 0.0393. The Labute approximate surface area is 156 Å². The molecule has 1 aromatic carbocycles. The van der Waals surface area contributed by atoms with Crippen LogP contribution in [-0.4, -0.2) is 52.1 Å². The monoisotopic (exact) mass is 403 g/mol. The molecule has 3 N–H and O–H groups in total. The predicted molar refractivity (Wildman–Crippen MR) is 88.7 cm³/mol. The molecule has 1 aliphatic rings. The number of amides is 1. The zero-order valence-corrected chi connectivity index (χ0v) is 14.3. The number of nitriles is 1. The largest absolute Gasteiger partial charge is 0.490 e. The third kappa shape index (κ3) is 6.40. The fourth-order valence-corrected chi connectivity index (χ4v) is 2.29. The summed E-state index contributed by atoms with van der Waals surface area (Å²) in [7, 11) is 0. The van der Waals surface area contributed by atoms with Crippen LogP contribution in [0, 0.1) is 21.4 Å². The quantitative estimate of drug-likeness (QED) is 0.435. The van der Waals surface area contributed by atoms with E-state index in [1.54, 1.807) is 0 Å². The molecule has 1 aliphatic heterocycles. The number of hydrazine groups is 1. The van der Waals surface area contributed by atoms with Crippen LogP contribution in [0.4, 0.5) is 24.5 Å². The lowest BCUT2D eigenvalue weighted by atomic mass is 10.2. The number of benzene rings is 1. The Hall–Kier alpha value is -3.40. The molecule has 152 valence electrons. The van der Waals surface area contributed by atoms with Crippen molar-refractivity contribution in [3.8, 4) is 6.07 Å². The van der Waals surface area contributed by atoms with E-state index in [0.29, 0.717) is 18.7 Å². The van der Waals surface area contributed by atoms with Gasteiger partial charge in [0.25, 0.3) is 5.69 Å². The Bertz CT molecular complexity index is 763. The Morgan fingerprint density at radius 2 is 1.93 bits per heavy atom. The number of nitro benzene ring substituents is 1. The number of alkyl halides is 3. The van der Waals surface area contributed by atoms with Crippen molar-refractivity contribution in [2.45, 2.75) is 25.1 Å². The molecule has 0 saturated carbocycles. The lowest BCUT2D eigenvalue weighted by Gasteiger charge is -2.24. The number of rotatable bonds is 4. The summed E-state index contributed by atoms with van der Waals surface area (Å²) in [5.41, 5.74) is 0.462. The molecule has 1 saturated heterocycles. The second-order valence-corrected chi connectivity index (χ2v) is 5.58. The van der Waals surface area contributed by atoms with Gasteiger partial charge in [-0.1, -0.05) is 0 Å². The summed E-state index contributed by atoms with van der Waals surface area (Å²) in [4.78, 5) is 32.6. The normalized spacial score (nSPS) is 15.8. The molecule has 1 amide bonds. The fourth-order valence-electron chi connectivity index (χ4n) is 2.29. The second-order valence-electron chi connectivity index (χ2n) is 5.58. The molecule has 10 nitrogen and oxygen atoms in total. The van der Waals surface area contributed by atoms with Crippen molar-refractivity contribution in [2.24, 2.45) is 5.84 Å². The van der Waals surface area contributed by atoms with Gasteiger partial charge < -0.3 is 15.0 Å². The van der Waals surface area contributed by atoms with E-state index in [1.165, 1.54) is 34.2 Å². The first kappa shape index (κ1) is 22.6. The molecule has 1 atom stereocenters. The molecule has 28 heavy (non-hydrogen) atoms. The molecule has 0 radical (unpaired) electrons. The lowest BCUT2D eigenvalue weighted by molar-refractivity contribution is -0.384. The summed E-state index contributed by atoms with van der Waals surface area (Å²) < 4.78 is 31.7. The number of non-ortho nitro benzene ring substituents is 1. The van der Waals surface area contributed by atoms with Gasteiger partial charge in [0.05, 0.1) is 16.7 Å². The minimum Gasteiger partial charge on any atom is -0.475 e. The molecule has 13 heteroatoms. The zero-order valence-electron chi connectivity index (χ0n) is 14.3. The van der Waals surface area contributed by atoms with Crippen LogP contribution in [0.5, 0.6) is 0 Å². The van der Waals surface area contributed by atoms with Crippen LogP contribution in [0.2, 0.25) is 0 Å². The van der Waals surface area contributed by atoms with Gasteiger partial charge in [-0.2, -0.15) is 18.4 Å². The Morgan fingerprint density at radius 3 is 2.36 bits per heavy atom. The molecular formula is C15H16F3N5O5. The molecule has 1 heterocycles. The van der Waals surface area contributed by atoms with Crippen LogP contribution in [0.3, 0.4) is 0 Å². The van der Waals surface area contributed by atoms with Crippen molar-refractivity contribution in [3.63, 3.8) is 0 Å². The number of hydrogen-bond donors (Lipinski definition) is 2. The molecule has 1 fully saturated rings. The van der Waals surface area contributed by atoms with E-state index in [2.05, 4.69) is 6.07 Å². The maximum Gasteiger partial charge on any atom is 0.490 e. The van der Waals surface area contributed by atoms with Gasteiger partial charge in [0.15, 0.2) is 0 Å². The number of hydrogen-bond acceptors (Lipinski definition) is 7. The van der Waals surface area contributed by atoms with Crippen LogP contribution in [0.25, 0.3) is 0 Å². The summed E-state index contributed by atoms with van der Waals surface area (Å²) in [5.74, 6) is 2.83. The number of nitrogens with two attached hydrogens (primary N) is 1. The number of carboxylic acids is 1. The number of anilines is 1. The van der Waals surface area contributed by atoms with E-state index >= 15 is 0 Å². The third-order valence-corrected chi connectivity index (χ3v) is 3.66. The highest BCUT2D eigenvalue weighted by Gasteiger charge is 2.38. The average Bonchev–Trinajstić information content (AvgIpc) is 3.10. The van der Waals surface area contributed by atoms with Crippen LogP contribution in [0.1, 0.15) is 12.8 Å². The van der Waals surface area contributed by atoms with Crippen molar-refractivity contribution in [3.05, 3.63) is 34.4 Å². The standard InChI is InChI=1S/C13H15N5O3.C2HF3O2/c14-8-12-2-1-7-16(12)13(19)9-17(15)10-3-5-11(6-4-10)18(20)21;3-2(4,5)1(6)7/h3-6,12H,1-2,7,9,15H2;(H,6,7). The molecule has 0 spiro atoms. The van der Waals surface area contributed by atoms with Crippen LogP contribution >= 0.6 is 0 Å². The number of nitro groups is 1. The highest BCUT2D eigenvalue weighted by atomic mass is 19.4. The van der Waals surface area contributed by atoms with E-state index in [-0.39, 0.29) is 24.2 Å². The van der Waals surface area contributed by atoms with E-state index in [9.17, 15) is 28.1 Å². The molecule has 2 rings (SSSR count). The summed E-state index contributed by atoms with van der Waals surface area (Å²) in [6.45, 7) is 0.487. The van der Waals surface area contributed by atoms with Crippen molar-refractivity contribution in [1.82, 2.24) is 4.90 Å². The molecular weight excluding hydrogens is 387 g/mol. The van der Waals surface area contributed by atoms with E-state index in [4.69, 9.17) is 21.0 Å². The van der Waals surface area contributed by atoms with Gasteiger partial charge in [-0.25, -0.2) is 10.6 Å². The van der Waals surface area contributed by atoms with Crippen molar-refractivity contribution in [1.29, 1.82) is 5.26 Å². The molecule has 0 bridgehead atoms. The van der Waals surface area contributed by atoms with E-state index in [0.717, 1.165) is 6.42 Å². The first-order valence-electron chi connectivity index (χ1n) is 7.73. The summed E-state index contributed by atoms with van der Waals surface area (Å²) in [6.07, 6.45) is -3.59. The highest BCUT2D eigenvalue weighted by Crippen LogP contribution is 2.19. The summed E-state index contributed by atoms with van der Waals surface area (Å²) in [5, 5.41) is 27.9. The molecule has 1 aromatic rings. The van der Waals surface area contributed by atoms with Gasteiger partial charge in [-0.05, 0) is 25.0 Å². The average molecular weight is 403 g/mol. The first-order valence-corrected chi connectivity index (χ1v) is 7.73. The number of likely N-dealkylation sites (tertiary alicyclic amines) is 1. The first-order chi connectivity index (χ1) is 13.0. The van der Waals surface area contributed by atoms with Gasteiger partial charge in [0, 0.05) is 18.7 Å². The molecule has 0 aromatic heterocycles. The number of aliphatic carboxylic acids is 1. The van der Waals surface area contributed by atoms with Crippen LogP contribution in [-0.2, 0) is 9.59 Å². The highest BCUT2D eigenvalue weighted by molar-refractivity contribution is 5.82. The second kappa shape index (κ2) is 9.51. The topological polar surface area (TPSA) is 154 Å². The number of nitrogens with zero attached hydrogens (tertiary/aromatic N) is 4. The molecule has 0 aliphatic carbocycles. The Kier molecular flexibility index (Phi) is 7.69. The van der Waals surface area contributed by atoms with Crippen LogP contribution < -0.4 is 10.9 Å². The van der Waals surface area contributed by atoms with Gasteiger partial charge >= 0.3 is 12.1 Å². The minimum atomic E-state index is -5.08. The smallest absolute Gasteiger partial charge is 0.475 e. The predicted octanol–water partition coefficient (Wildman–Crippen LogP) is 1.42. The number of halogens is 3. The van der Waals surface area contributed by atoms with Crippen LogP contribution in [0.15, 0.2) is 24.3 Å². The number of carbonyl (C=O) groups excluding carboxylic acids is 1. The maximum absolute atomic E-state index is 12.1. The van der Waals surface area contributed by atoms with E-state index in [1.807, 2.05) is 0 Å². The van der Waals surface area contributed by atoms with E-state index < -0.39 is 17.1 Å². The van der Waals surface area contributed by atoms with Crippen molar-refractivity contribution < 1.29 is 32.8 Å². The zero-order chi connectivity index (χ0) is 21.5. The maximum atomic E-state index is 12.1. The lowest BCUT2D eigenvalue weighted by Crippen LogP contribution is -2.45. The molecule has 1 unspecified atom stereocenters. The summed E-state index contributed by atoms with van der Waals surface area (Å²) in [6, 6.07) is 7.33. The van der Waals surface area contributed by atoms with Gasteiger partial charge in [-0.3, -0.25) is 14.9 Å². The third-order valence-electron chi connectivity index (χ3n) is 3.66. The number of carbonyl (C=O) groups is 2. The Morgan fingerprint density at radius 1 is 1.39 bits per heavy atom. The van der Waals surface area contributed by atoms with Crippen molar-refractivity contribution >= 4 is 23.3 Å². The fraction of sp³-hybridized carbons (Fsp3) is 0.400. The SMILES string of the molecule is N#CC1CCCN1C(=O)CN(N)c1ccc([N+](=O)[O-])cc1.O=C(O)C(F)(F)F. The van der Waals surface area contributed by atoms with Gasteiger partial charge in [0.2, 0.25) is 5.91 Å². The number of carboxylic acid groups (broad SMARTS) is 1. The summed E-state index contributed by atoms with van der Waals surface area (Å²) >= 11 is 0. The van der Waals surface area contributed by atoms with Crippen molar-refractivity contribution in [2.75, 3.05) is 18.1 Å². The van der Waals surface area contributed by atoms with Gasteiger partial charge in [0.1, 0.15) is 12.6 Å².